The molecule has 0 aliphatic rings. The highest BCUT2D eigenvalue weighted by Crippen LogP contribution is 2.33. The first kappa shape index (κ1) is 11.9. The van der Waals surface area contributed by atoms with Crippen LogP contribution in [0.25, 0.3) is 0 Å². The Morgan fingerprint density at radius 2 is 2.13 bits per heavy atom. The summed E-state index contributed by atoms with van der Waals surface area (Å²) in [6.45, 7) is 5.35. The molecule has 82 valence electrons. The summed E-state index contributed by atoms with van der Waals surface area (Å²) in [5.74, 6) is -0.404. The molecule has 1 aromatic rings. The fraction of sp³-hybridized carbons (Fsp3) is 0.400. The van der Waals surface area contributed by atoms with Crippen molar-refractivity contribution in [1.82, 2.24) is 4.98 Å². The van der Waals surface area contributed by atoms with Crippen LogP contribution in [0, 0.1) is 0 Å². The van der Waals surface area contributed by atoms with Gasteiger partial charge in [0.15, 0.2) is 0 Å². The molecule has 0 saturated heterocycles. The van der Waals surface area contributed by atoms with Gasteiger partial charge in [0.1, 0.15) is 7.14 Å². The third kappa shape index (κ3) is 3.17. The Balaban J connectivity index is 2.91. The van der Waals surface area contributed by atoms with Crippen LogP contribution in [0.5, 0.6) is 0 Å². The van der Waals surface area contributed by atoms with E-state index in [1.165, 1.54) is 6.20 Å². The van der Waals surface area contributed by atoms with E-state index in [1.807, 2.05) is 0 Å². The molecule has 15 heavy (non-hydrogen) atoms. The van der Waals surface area contributed by atoms with Crippen molar-refractivity contribution < 1.29 is 14.1 Å². The zero-order chi connectivity index (χ0) is 11.5. The largest absolute Gasteiger partial charge is 0.462 e. The second-order valence-electron chi connectivity index (χ2n) is 3.48. The minimum Gasteiger partial charge on any atom is -0.462 e. The lowest BCUT2D eigenvalue weighted by molar-refractivity contribution is 0.0526. The molecule has 1 rings (SSSR count). The van der Waals surface area contributed by atoms with Crippen LogP contribution < -0.4 is 5.44 Å². The van der Waals surface area contributed by atoms with E-state index in [9.17, 15) is 9.36 Å². The Bertz CT molecular complexity index is 394. The molecule has 0 aromatic carbocycles. The minimum atomic E-state index is -2.35. The van der Waals surface area contributed by atoms with Gasteiger partial charge < -0.3 is 9.30 Å². The van der Waals surface area contributed by atoms with Crippen molar-refractivity contribution in [3.8, 4) is 0 Å². The van der Waals surface area contributed by atoms with Crippen molar-refractivity contribution in [2.75, 3.05) is 19.9 Å². The third-order valence-corrected chi connectivity index (χ3v) is 3.18. The van der Waals surface area contributed by atoms with Gasteiger partial charge in [-0.05, 0) is 32.4 Å². The van der Waals surface area contributed by atoms with Crippen molar-refractivity contribution in [3.63, 3.8) is 0 Å². The van der Waals surface area contributed by atoms with E-state index in [4.69, 9.17) is 4.74 Å². The molecule has 0 spiro atoms. The first-order valence-electron chi connectivity index (χ1n) is 4.64. The number of nitrogens with zero attached hydrogens (tertiary/aromatic N) is 1. The maximum atomic E-state index is 11.6. The van der Waals surface area contributed by atoms with E-state index < -0.39 is 13.1 Å². The summed E-state index contributed by atoms with van der Waals surface area (Å²) in [6, 6.07) is 3.19. The summed E-state index contributed by atoms with van der Waals surface area (Å²) in [4.78, 5) is 15.3. The lowest BCUT2D eigenvalue weighted by atomic mass is 10.3. The van der Waals surface area contributed by atoms with Crippen molar-refractivity contribution >= 4 is 18.5 Å². The molecule has 1 heterocycles. The average Bonchev–Trinajstić information content (AvgIpc) is 2.17. The zero-order valence-corrected chi connectivity index (χ0v) is 9.95. The zero-order valence-electron chi connectivity index (χ0n) is 9.06. The molecular weight excluding hydrogens is 213 g/mol. The second kappa shape index (κ2) is 4.58. The first-order chi connectivity index (χ1) is 6.95. The number of carbonyl (C=O) groups excluding carboxylic acids is 1. The lowest BCUT2D eigenvalue weighted by Gasteiger charge is -2.06. The number of hydrogen-bond acceptors (Lipinski definition) is 4. The van der Waals surface area contributed by atoms with Gasteiger partial charge in [-0.2, -0.15) is 0 Å². The van der Waals surface area contributed by atoms with Gasteiger partial charge in [0.2, 0.25) is 0 Å². The number of carbonyl (C=O) groups is 1. The number of hydrogen-bond donors (Lipinski definition) is 0. The minimum absolute atomic E-state index is 0.334. The molecule has 5 heteroatoms. The molecule has 0 unspecified atom stereocenters. The third-order valence-electron chi connectivity index (χ3n) is 1.81. The van der Waals surface area contributed by atoms with E-state index in [-0.39, 0.29) is 0 Å². The topological polar surface area (TPSA) is 56.3 Å². The maximum absolute atomic E-state index is 11.6. The van der Waals surface area contributed by atoms with E-state index in [0.29, 0.717) is 17.6 Å². The molecule has 0 aliphatic carbocycles. The van der Waals surface area contributed by atoms with Crippen LogP contribution in [0.1, 0.15) is 17.3 Å². The van der Waals surface area contributed by atoms with Crippen LogP contribution in [0.4, 0.5) is 0 Å². The summed E-state index contributed by atoms with van der Waals surface area (Å²) in [5, 5.41) is 0. The van der Waals surface area contributed by atoms with Crippen LogP contribution in [-0.4, -0.2) is 30.9 Å². The summed E-state index contributed by atoms with van der Waals surface area (Å²) >= 11 is 0. The van der Waals surface area contributed by atoms with Crippen molar-refractivity contribution in [3.05, 3.63) is 23.9 Å². The van der Waals surface area contributed by atoms with E-state index >= 15 is 0 Å². The Kier molecular flexibility index (Phi) is 3.64. The standard InChI is InChI=1S/C10H14NO3P/c1-4-14-10(12)8-5-6-9(11-7-8)15(2,3)13/h5-7H,4H2,1-3H3. The smallest absolute Gasteiger partial charge is 0.339 e. The molecule has 0 atom stereocenters. The van der Waals surface area contributed by atoms with E-state index in [2.05, 4.69) is 4.98 Å². The van der Waals surface area contributed by atoms with Crippen LogP contribution in [0.2, 0.25) is 0 Å². The molecule has 0 bridgehead atoms. The second-order valence-corrected chi connectivity index (χ2v) is 6.64. The Morgan fingerprint density at radius 1 is 1.47 bits per heavy atom. The first-order valence-corrected chi connectivity index (χ1v) is 7.24. The van der Waals surface area contributed by atoms with Gasteiger partial charge in [-0.1, -0.05) is 0 Å². The van der Waals surface area contributed by atoms with Gasteiger partial charge in [-0.15, -0.1) is 0 Å². The summed E-state index contributed by atoms with van der Waals surface area (Å²) in [7, 11) is -2.35. The van der Waals surface area contributed by atoms with Crippen LogP contribution in [-0.2, 0) is 9.30 Å². The molecule has 1 aromatic heterocycles. The maximum Gasteiger partial charge on any atom is 0.339 e. The van der Waals surface area contributed by atoms with Gasteiger partial charge in [0.05, 0.1) is 17.6 Å². The Hall–Kier alpha value is -1.15. The summed E-state index contributed by atoms with van der Waals surface area (Å²) < 4.78 is 16.4. The molecule has 0 N–H and O–H groups in total. The van der Waals surface area contributed by atoms with Gasteiger partial charge in [-0.3, -0.25) is 4.98 Å². The predicted molar refractivity (Wildman–Crippen MR) is 59.3 cm³/mol. The Labute approximate surface area is 89.0 Å². The molecular formula is C10H14NO3P. The van der Waals surface area contributed by atoms with Crippen molar-refractivity contribution in [2.45, 2.75) is 6.92 Å². The fourth-order valence-electron chi connectivity index (χ4n) is 1.04. The number of aromatic nitrogens is 1. The predicted octanol–water partition coefficient (Wildman–Crippen LogP) is 1.51. The van der Waals surface area contributed by atoms with E-state index in [0.717, 1.165) is 0 Å². The number of pyridine rings is 1. The lowest BCUT2D eigenvalue weighted by Crippen LogP contribution is -2.11. The van der Waals surface area contributed by atoms with Crippen LogP contribution in [0.15, 0.2) is 18.3 Å². The SMILES string of the molecule is CCOC(=O)c1ccc(P(C)(C)=O)nc1. The van der Waals surface area contributed by atoms with Gasteiger partial charge in [-0.25, -0.2) is 4.79 Å². The van der Waals surface area contributed by atoms with Crippen molar-refractivity contribution in [2.24, 2.45) is 0 Å². The number of ether oxygens (including phenoxy) is 1. The highest BCUT2D eigenvalue weighted by molar-refractivity contribution is 7.69. The number of rotatable bonds is 3. The van der Waals surface area contributed by atoms with E-state index in [1.54, 1.807) is 32.4 Å². The summed E-state index contributed by atoms with van der Waals surface area (Å²) in [6.07, 6.45) is 1.40. The fourth-order valence-corrected chi connectivity index (χ4v) is 1.81. The molecule has 0 saturated carbocycles. The van der Waals surface area contributed by atoms with Crippen LogP contribution >= 0.6 is 7.14 Å². The average molecular weight is 227 g/mol. The highest BCUT2D eigenvalue weighted by Gasteiger charge is 2.14. The highest BCUT2D eigenvalue weighted by atomic mass is 31.2. The molecule has 0 radical (unpaired) electrons. The van der Waals surface area contributed by atoms with Crippen LogP contribution in [0.3, 0.4) is 0 Å². The number of esters is 1. The molecule has 0 fully saturated rings. The molecule has 0 amide bonds. The molecule has 4 nitrogen and oxygen atoms in total. The van der Waals surface area contributed by atoms with Gasteiger partial charge >= 0.3 is 5.97 Å². The van der Waals surface area contributed by atoms with Gasteiger partial charge in [0.25, 0.3) is 0 Å². The quantitative estimate of drug-likeness (QED) is 0.580. The summed E-state index contributed by atoms with van der Waals surface area (Å²) in [5.41, 5.74) is 0.907. The van der Waals surface area contributed by atoms with Gasteiger partial charge in [0, 0.05) is 6.20 Å². The monoisotopic (exact) mass is 227 g/mol. The Morgan fingerprint density at radius 3 is 2.53 bits per heavy atom. The van der Waals surface area contributed by atoms with Crippen molar-refractivity contribution in [1.29, 1.82) is 0 Å². The molecule has 0 aliphatic heterocycles. The normalized spacial score (nSPS) is 11.1.